The minimum atomic E-state index is -4.02. The maximum atomic E-state index is 13.3. The number of nitrogens with zero attached hydrogens (tertiary/aromatic N) is 4. The molecule has 5 rings (SSSR count). The fraction of sp³-hybridized carbons (Fsp3) is 0.304. The molecule has 0 fully saturated rings. The molecule has 0 amide bonds. The molecule has 34 heavy (non-hydrogen) atoms. The van der Waals surface area contributed by atoms with Crippen molar-refractivity contribution >= 4 is 32.5 Å². The van der Waals surface area contributed by atoms with Gasteiger partial charge in [-0.15, -0.1) is 0 Å². The van der Waals surface area contributed by atoms with Gasteiger partial charge in [-0.3, -0.25) is 9.40 Å². The van der Waals surface area contributed by atoms with Gasteiger partial charge in [-0.25, -0.2) is 8.42 Å². The molecule has 0 saturated carbocycles. The molecule has 0 radical (unpaired) electrons. The minimum absolute atomic E-state index is 0.00170. The molecular formula is C23H25N5O5S. The smallest absolute Gasteiger partial charge is 0.266 e. The molecule has 178 valence electrons. The number of nitrogens with one attached hydrogen (secondary N) is 1. The number of hydrogen-bond acceptors (Lipinski definition) is 8. The zero-order chi connectivity index (χ0) is 23.9. The number of aromatic nitrogens is 3. The summed E-state index contributed by atoms with van der Waals surface area (Å²) in [5.74, 6) is 0.906. The van der Waals surface area contributed by atoms with Gasteiger partial charge in [0.1, 0.15) is 21.8 Å². The van der Waals surface area contributed by atoms with Crippen molar-refractivity contribution in [1.82, 2.24) is 14.9 Å². The predicted octanol–water partition coefficient (Wildman–Crippen LogP) is 3.27. The third-order valence-electron chi connectivity index (χ3n) is 5.81. The van der Waals surface area contributed by atoms with E-state index in [2.05, 4.69) is 15.0 Å². The van der Waals surface area contributed by atoms with E-state index in [4.69, 9.17) is 14.0 Å². The molecule has 1 aliphatic rings. The topological polar surface area (TPSA) is 112 Å². The van der Waals surface area contributed by atoms with Crippen molar-refractivity contribution in [2.24, 2.45) is 0 Å². The first kappa shape index (κ1) is 22.1. The highest BCUT2D eigenvalue weighted by molar-refractivity contribution is 7.92. The molecule has 10 nitrogen and oxygen atoms in total. The van der Waals surface area contributed by atoms with Crippen LogP contribution in [0.3, 0.4) is 0 Å². The maximum absolute atomic E-state index is 13.3. The summed E-state index contributed by atoms with van der Waals surface area (Å²) in [6, 6.07) is 8.63. The molecule has 3 heterocycles. The number of rotatable bonds is 7. The van der Waals surface area contributed by atoms with Gasteiger partial charge in [0.15, 0.2) is 11.4 Å². The standard InChI is InChI=1S/C23H25N5O5S/c1-27(2)16-7-8-20(18(13-16)31-3)34(29,30)26-23-21-19(33-25-23)12-15(14-28-10-5-9-24-28)17-6-4-11-32-22(17)21/h5,7-10,12-13H,4,6,11,14H2,1-3H3,(H,25,26). The second kappa shape index (κ2) is 8.56. The van der Waals surface area contributed by atoms with Crippen LogP contribution >= 0.6 is 0 Å². The van der Waals surface area contributed by atoms with Crippen molar-refractivity contribution in [3.8, 4) is 11.5 Å². The average Bonchev–Trinajstić information content (AvgIpc) is 3.48. The van der Waals surface area contributed by atoms with Gasteiger partial charge in [-0.2, -0.15) is 5.10 Å². The summed E-state index contributed by atoms with van der Waals surface area (Å²) in [6.07, 6.45) is 5.28. The van der Waals surface area contributed by atoms with Gasteiger partial charge in [-0.1, -0.05) is 5.16 Å². The lowest BCUT2D eigenvalue weighted by atomic mass is 9.97. The Morgan fingerprint density at radius 3 is 2.85 bits per heavy atom. The Kier molecular flexibility index (Phi) is 5.56. The van der Waals surface area contributed by atoms with Crippen molar-refractivity contribution in [2.75, 3.05) is 37.4 Å². The van der Waals surface area contributed by atoms with E-state index < -0.39 is 10.0 Å². The molecule has 1 aliphatic heterocycles. The van der Waals surface area contributed by atoms with E-state index in [-0.39, 0.29) is 16.5 Å². The van der Waals surface area contributed by atoms with Crippen LogP contribution in [0.15, 0.2) is 52.1 Å². The van der Waals surface area contributed by atoms with Gasteiger partial charge in [0.05, 0.1) is 20.3 Å². The van der Waals surface area contributed by atoms with E-state index in [0.29, 0.717) is 29.9 Å². The molecule has 4 aromatic rings. The molecule has 0 unspecified atom stereocenters. The highest BCUT2D eigenvalue weighted by Crippen LogP contribution is 2.41. The van der Waals surface area contributed by atoms with Crippen LogP contribution in [0.2, 0.25) is 0 Å². The van der Waals surface area contributed by atoms with Gasteiger partial charge in [0.2, 0.25) is 0 Å². The molecule has 2 aromatic carbocycles. The first-order valence-electron chi connectivity index (χ1n) is 10.8. The van der Waals surface area contributed by atoms with Gasteiger partial charge >= 0.3 is 0 Å². The second-order valence-corrected chi connectivity index (χ2v) is 9.89. The summed E-state index contributed by atoms with van der Waals surface area (Å²) in [7, 11) is 1.15. The zero-order valence-corrected chi connectivity index (χ0v) is 19.9. The van der Waals surface area contributed by atoms with E-state index in [1.807, 2.05) is 42.0 Å². The second-order valence-electron chi connectivity index (χ2n) is 8.24. The quantitative estimate of drug-likeness (QED) is 0.426. The Hall–Kier alpha value is -3.73. The molecule has 2 aromatic heterocycles. The molecule has 11 heteroatoms. The van der Waals surface area contributed by atoms with E-state index in [0.717, 1.165) is 29.7 Å². The SMILES string of the molecule is COc1cc(N(C)C)ccc1S(=O)(=O)Nc1noc2cc(Cn3cccn3)c3c(c12)OCCC3. The van der Waals surface area contributed by atoms with E-state index >= 15 is 0 Å². The van der Waals surface area contributed by atoms with Crippen LogP contribution < -0.4 is 19.1 Å². The largest absolute Gasteiger partial charge is 0.495 e. The maximum Gasteiger partial charge on any atom is 0.266 e. The fourth-order valence-electron chi connectivity index (χ4n) is 4.14. The highest BCUT2D eigenvalue weighted by Gasteiger charge is 2.28. The Balaban J connectivity index is 1.56. The molecular weight excluding hydrogens is 458 g/mol. The van der Waals surface area contributed by atoms with Crippen molar-refractivity contribution in [1.29, 1.82) is 0 Å². The monoisotopic (exact) mass is 483 g/mol. The first-order valence-corrected chi connectivity index (χ1v) is 12.3. The van der Waals surface area contributed by atoms with Crippen LogP contribution in [-0.4, -0.2) is 51.2 Å². The number of benzene rings is 2. The summed E-state index contributed by atoms with van der Waals surface area (Å²) in [5, 5.41) is 8.83. The molecule has 0 spiro atoms. The first-order chi connectivity index (χ1) is 16.4. The third-order valence-corrected chi connectivity index (χ3v) is 7.18. The third kappa shape index (κ3) is 3.92. The van der Waals surface area contributed by atoms with E-state index in [9.17, 15) is 8.42 Å². The number of sulfonamides is 1. The van der Waals surface area contributed by atoms with Gasteiger partial charge in [0, 0.05) is 43.8 Å². The van der Waals surface area contributed by atoms with Crippen LogP contribution in [-0.2, 0) is 23.0 Å². The lowest BCUT2D eigenvalue weighted by molar-refractivity contribution is 0.291. The lowest BCUT2D eigenvalue weighted by Crippen LogP contribution is -2.16. The van der Waals surface area contributed by atoms with E-state index in [1.165, 1.54) is 13.2 Å². The number of anilines is 2. The number of hydrogen-bond donors (Lipinski definition) is 1. The summed E-state index contributed by atoms with van der Waals surface area (Å²) < 4.78 is 47.9. The lowest BCUT2D eigenvalue weighted by Gasteiger charge is -2.21. The number of ether oxygens (including phenoxy) is 2. The number of methoxy groups -OCH3 is 1. The molecule has 0 bridgehead atoms. The Labute approximate surface area is 197 Å². The van der Waals surface area contributed by atoms with Crippen molar-refractivity contribution in [3.63, 3.8) is 0 Å². The Bertz CT molecular complexity index is 1440. The molecule has 0 saturated heterocycles. The normalized spacial score (nSPS) is 13.4. The fourth-order valence-corrected chi connectivity index (χ4v) is 5.30. The van der Waals surface area contributed by atoms with Crippen molar-refractivity contribution in [2.45, 2.75) is 24.3 Å². The summed E-state index contributed by atoms with van der Waals surface area (Å²) in [6.45, 7) is 1.08. The summed E-state index contributed by atoms with van der Waals surface area (Å²) in [4.78, 5) is 1.86. The minimum Gasteiger partial charge on any atom is -0.495 e. The van der Waals surface area contributed by atoms with E-state index in [1.54, 1.807) is 18.3 Å². The summed E-state index contributed by atoms with van der Waals surface area (Å²) in [5.41, 5.74) is 3.26. The van der Waals surface area contributed by atoms with Crippen LogP contribution in [0.1, 0.15) is 17.5 Å². The van der Waals surface area contributed by atoms with Gasteiger partial charge in [-0.05, 0) is 42.7 Å². The van der Waals surface area contributed by atoms with Crippen LogP contribution in [0.25, 0.3) is 11.0 Å². The van der Waals surface area contributed by atoms with Gasteiger partial charge in [0.25, 0.3) is 10.0 Å². The number of fused-ring (bicyclic) bond motifs is 3. The molecule has 0 aliphatic carbocycles. The summed E-state index contributed by atoms with van der Waals surface area (Å²) >= 11 is 0. The Morgan fingerprint density at radius 2 is 2.12 bits per heavy atom. The molecule has 1 N–H and O–H groups in total. The van der Waals surface area contributed by atoms with Gasteiger partial charge < -0.3 is 18.9 Å². The van der Waals surface area contributed by atoms with Crippen LogP contribution in [0.4, 0.5) is 11.5 Å². The average molecular weight is 484 g/mol. The van der Waals surface area contributed by atoms with Crippen molar-refractivity contribution < 1.29 is 22.4 Å². The van der Waals surface area contributed by atoms with Crippen molar-refractivity contribution in [3.05, 3.63) is 53.9 Å². The van der Waals surface area contributed by atoms with Crippen LogP contribution in [0, 0.1) is 0 Å². The Morgan fingerprint density at radius 1 is 1.26 bits per heavy atom. The predicted molar refractivity (Wildman–Crippen MR) is 127 cm³/mol. The highest BCUT2D eigenvalue weighted by atomic mass is 32.2. The molecule has 0 atom stereocenters. The van der Waals surface area contributed by atoms with Crippen LogP contribution in [0.5, 0.6) is 11.5 Å². The zero-order valence-electron chi connectivity index (χ0n) is 19.1.